The van der Waals surface area contributed by atoms with Gasteiger partial charge in [0, 0.05) is 11.2 Å². The second-order valence-corrected chi connectivity index (χ2v) is 6.85. The Morgan fingerprint density at radius 3 is 2.50 bits per heavy atom. The predicted octanol–water partition coefficient (Wildman–Crippen LogP) is 2.30. The minimum Gasteiger partial charge on any atom is -0.496 e. The lowest BCUT2D eigenvalue weighted by molar-refractivity contribution is 0.0999. The number of rotatable bonds is 6. The lowest BCUT2D eigenvalue weighted by atomic mass is 10.1. The predicted molar refractivity (Wildman–Crippen MR) is 92.6 cm³/mol. The van der Waals surface area contributed by atoms with Gasteiger partial charge >= 0.3 is 0 Å². The van der Waals surface area contributed by atoms with E-state index in [0.717, 1.165) is 0 Å². The van der Waals surface area contributed by atoms with Crippen LogP contribution in [0.15, 0.2) is 52.4 Å². The van der Waals surface area contributed by atoms with Gasteiger partial charge in [0.2, 0.25) is 10.0 Å². The van der Waals surface area contributed by atoms with Crippen molar-refractivity contribution in [1.29, 1.82) is 0 Å². The summed E-state index contributed by atoms with van der Waals surface area (Å²) in [4.78, 5) is 16.3. The largest absolute Gasteiger partial charge is 0.496 e. The van der Waals surface area contributed by atoms with E-state index in [0.29, 0.717) is 21.9 Å². The smallest absolute Gasteiger partial charge is 0.238 e. The third kappa shape index (κ3) is 4.64. The van der Waals surface area contributed by atoms with Crippen LogP contribution in [-0.4, -0.2) is 34.1 Å². The number of aliphatic imine (C=N–C) groups is 1. The molecule has 0 fully saturated rings. The number of Topliss-reactive ketones (excluding diaryl/α,β-unsaturated/α-hetero) is 1. The minimum absolute atomic E-state index is 0.0133. The molecule has 2 aromatic rings. The molecule has 2 N–H and O–H groups in total. The van der Waals surface area contributed by atoms with E-state index in [4.69, 9.17) is 21.5 Å². The summed E-state index contributed by atoms with van der Waals surface area (Å²) >= 11 is 5.89. The number of hydrogen-bond acceptors (Lipinski definition) is 5. The third-order valence-corrected chi connectivity index (χ3v) is 4.31. The summed E-state index contributed by atoms with van der Waals surface area (Å²) in [6.07, 6.45) is 1.47. The molecule has 0 unspecified atom stereocenters. The highest BCUT2D eigenvalue weighted by Crippen LogP contribution is 2.23. The maximum atomic E-state index is 12.2. The van der Waals surface area contributed by atoms with Crippen molar-refractivity contribution in [2.24, 2.45) is 10.1 Å². The van der Waals surface area contributed by atoms with Gasteiger partial charge in [0.25, 0.3) is 0 Å². The van der Waals surface area contributed by atoms with Gasteiger partial charge in [-0.2, -0.15) is 0 Å². The van der Waals surface area contributed by atoms with Crippen LogP contribution < -0.4 is 9.88 Å². The average molecular weight is 367 g/mol. The molecule has 2 aromatic carbocycles. The van der Waals surface area contributed by atoms with E-state index in [2.05, 4.69) is 4.99 Å². The molecule has 0 heterocycles. The second-order valence-electron chi connectivity index (χ2n) is 4.85. The monoisotopic (exact) mass is 366 g/mol. The molecule has 24 heavy (non-hydrogen) atoms. The van der Waals surface area contributed by atoms with E-state index in [1.807, 2.05) is 0 Å². The first kappa shape index (κ1) is 18.1. The Morgan fingerprint density at radius 2 is 1.92 bits per heavy atom. The Labute approximate surface area is 145 Å². The number of methoxy groups -OCH3 is 1. The quantitative estimate of drug-likeness (QED) is 0.626. The molecule has 6 nitrogen and oxygen atoms in total. The summed E-state index contributed by atoms with van der Waals surface area (Å²) in [7, 11) is -2.26. The molecule has 0 amide bonds. The molecular weight excluding hydrogens is 352 g/mol. The zero-order valence-electron chi connectivity index (χ0n) is 12.8. The van der Waals surface area contributed by atoms with Crippen LogP contribution in [0.5, 0.6) is 5.75 Å². The highest BCUT2D eigenvalue weighted by Gasteiger charge is 2.12. The first-order chi connectivity index (χ1) is 11.3. The third-order valence-electron chi connectivity index (χ3n) is 3.15. The molecule has 0 saturated heterocycles. The number of halogens is 1. The molecule has 0 aromatic heterocycles. The number of nitrogens with two attached hydrogens (primary N) is 1. The van der Waals surface area contributed by atoms with Gasteiger partial charge in [-0.05, 0) is 35.9 Å². The molecule has 0 saturated carbocycles. The number of benzene rings is 2. The maximum Gasteiger partial charge on any atom is 0.238 e. The number of carbonyl (C=O) groups is 1. The van der Waals surface area contributed by atoms with Gasteiger partial charge in [0.05, 0.1) is 17.6 Å². The van der Waals surface area contributed by atoms with Crippen LogP contribution in [-0.2, 0) is 10.0 Å². The van der Waals surface area contributed by atoms with E-state index in [-0.39, 0.29) is 17.2 Å². The fraction of sp³-hybridized carbons (Fsp3) is 0.125. The van der Waals surface area contributed by atoms with Crippen LogP contribution in [0.4, 0.5) is 0 Å². The van der Waals surface area contributed by atoms with Crippen molar-refractivity contribution in [1.82, 2.24) is 0 Å². The van der Waals surface area contributed by atoms with Gasteiger partial charge in [0.15, 0.2) is 5.78 Å². The van der Waals surface area contributed by atoms with E-state index in [9.17, 15) is 13.2 Å². The first-order valence-corrected chi connectivity index (χ1v) is 8.73. The van der Waals surface area contributed by atoms with Crippen LogP contribution >= 0.6 is 11.6 Å². The Balaban J connectivity index is 2.09. The molecule has 0 aliphatic carbocycles. The van der Waals surface area contributed by atoms with Gasteiger partial charge in [-0.15, -0.1) is 0 Å². The van der Waals surface area contributed by atoms with Crippen molar-refractivity contribution in [3.05, 3.63) is 58.6 Å². The Bertz CT molecular complexity index is 877. The highest BCUT2D eigenvalue weighted by atomic mass is 35.5. The number of primary sulfonamides is 1. The first-order valence-electron chi connectivity index (χ1n) is 6.80. The number of carbonyl (C=O) groups excluding carboxylic acids is 1. The summed E-state index contributed by atoms with van der Waals surface area (Å²) < 4.78 is 27.5. The lowest BCUT2D eigenvalue weighted by Crippen LogP contribution is -2.11. The molecule has 0 radical (unpaired) electrons. The second kappa shape index (κ2) is 7.57. The zero-order chi connectivity index (χ0) is 17.7. The molecule has 8 heteroatoms. The summed E-state index contributed by atoms with van der Waals surface area (Å²) in [5.41, 5.74) is 1.000. The summed E-state index contributed by atoms with van der Waals surface area (Å²) in [6, 6.07) is 10.6. The van der Waals surface area contributed by atoms with Gasteiger partial charge in [-0.3, -0.25) is 9.79 Å². The van der Waals surface area contributed by atoms with Crippen molar-refractivity contribution < 1.29 is 17.9 Å². The van der Waals surface area contributed by atoms with Crippen molar-refractivity contribution in [3.8, 4) is 5.75 Å². The van der Waals surface area contributed by atoms with Gasteiger partial charge in [0.1, 0.15) is 12.3 Å². The topological polar surface area (TPSA) is 98.8 Å². The zero-order valence-corrected chi connectivity index (χ0v) is 14.3. The molecule has 0 bridgehead atoms. The van der Waals surface area contributed by atoms with E-state index in [1.165, 1.54) is 31.5 Å². The summed E-state index contributed by atoms with van der Waals surface area (Å²) in [5.74, 6) is 0.184. The maximum absolute atomic E-state index is 12.2. The number of hydrogen-bond donors (Lipinski definition) is 1. The molecular formula is C16H15ClN2O4S. The molecule has 126 valence electrons. The van der Waals surface area contributed by atoms with Crippen molar-refractivity contribution in [3.63, 3.8) is 0 Å². The van der Waals surface area contributed by atoms with E-state index >= 15 is 0 Å². The molecule has 2 rings (SSSR count). The number of ketones is 1. The number of sulfonamides is 1. The Kier molecular flexibility index (Phi) is 5.71. The van der Waals surface area contributed by atoms with Crippen LogP contribution in [0.1, 0.15) is 15.9 Å². The van der Waals surface area contributed by atoms with Gasteiger partial charge in [-0.25, -0.2) is 13.6 Å². The lowest BCUT2D eigenvalue weighted by Gasteiger charge is -2.06. The standard InChI is InChI=1S/C16H15ClN2O4S/c1-23-16-7-4-12(17)8-14(16)15(20)10-19-9-11-2-5-13(6-3-11)24(18,21)22/h2-9H,10H2,1H3,(H2,18,21,22). The van der Waals surface area contributed by atoms with Crippen molar-refractivity contribution >= 4 is 33.6 Å². The van der Waals surface area contributed by atoms with Crippen molar-refractivity contribution in [2.75, 3.05) is 13.7 Å². The van der Waals surface area contributed by atoms with E-state index in [1.54, 1.807) is 24.3 Å². The summed E-state index contributed by atoms with van der Waals surface area (Å²) in [5, 5.41) is 5.45. The minimum atomic E-state index is -3.73. The van der Waals surface area contributed by atoms with Crippen LogP contribution in [0, 0.1) is 0 Å². The Hall–Kier alpha value is -2.22. The SMILES string of the molecule is COc1ccc(Cl)cc1C(=O)CN=Cc1ccc(S(N)(=O)=O)cc1. The van der Waals surface area contributed by atoms with Crippen LogP contribution in [0.2, 0.25) is 5.02 Å². The molecule has 0 atom stereocenters. The van der Waals surface area contributed by atoms with Crippen molar-refractivity contribution in [2.45, 2.75) is 4.90 Å². The molecule has 0 aliphatic rings. The molecule has 0 spiro atoms. The normalized spacial score (nSPS) is 11.6. The van der Waals surface area contributed by atoms with Gasteiger partial charge in [-0.1, -0.05) is 23.7 Å². The molecule has 0 aliphatic heterocycles. The van der Waals surface area contributed by atoms with Crippen LogP contribution in [0.25, 0.3) is 0 Å². The highest BCUT2D eigenvalue weighted by molar-refractivity contribution is 7.89. The Morgan fingerprint density at radius 1 is 1.25 bits per heavy atom. The van der Waals surface area contributed by atoms with E-state index < -0.39 is 10.0 Å². The fourth-order valence-corrected chi connectivity index (χ4v) is 2.65. The average Bonchev–Trinajstić information content (AvgIpc) is 2.54. The number of ether oxygens (including phenoxy) is 1. The fourth-order valence-electron chi connectivity index (χ4n) is 1.96. The summed E-state index contributed by atoms with van der Waals surface area (Å²) in [6.45, 7) is -0.0896. The van der Waals surface area contributed by atoms with Gasteiger partial charge < -0.3 is 4.74 Å². The number of nitrogens with zero attached hydrogens (tertiary/aromatic N) is 1. The van der Waals surface area contributed by atoms with Crippen LogP contribution in [0.3, 0.4) is 0 Å².